The summed E-state index contributed by atoms with van der Waals surface area (Å²) in [5, 5.41) is 5.47. The van der Waals surface area contributed by atoms with Crippen LogP contribution >= 0.6 is 0 Å². The Balaban J connectivity index is 2.70. The van der Waals surface area contributed by atoms with Gasteiger partial charge in [0.25, 0.3) is 5.91 Å². The Kier molecular flexibility index (Phi) is 4.44. The first-order valence-corrected chi connectivity index (χ1v) is 5.12. The molecule has 0 bridgehead atoms. The van der Waals surface area contributed by atoms with Gasteiger partial charge >= 0.3 is 0 Å². The fraction of sp³-hybridized carbons (Fsp3) is 0.364. The second-order valence-corrected chi connectivity index (χ2v) is 3.44. The van der Waals surface area contributed by atoms with E-state index >= 15 is 0 Å². The monoisotopic (exact) mass is 221 g/mol. The predicted octanol–water partition coefficient (Wildman–Crippen LogP) is 1.51. The maximum absolute atomic E-state index is 11.6. The quantitative estimate of drug-likeness (QED) is 0.732. The first kappa shape index (κ1) is 12.2. The molecule has 5 nitrogen and oxygen atoms in total. The van der Waals surface area contributed by atoms with Crippen molar-refractivity contribution in [3.05, 3.63) is 40.7 Å². The molecule has 1 amide bonds. The minimum Gasteiger partial charge on any atom is -0.352 e. The fourth-order valence-electron chi connectivity index (χ4n) is 1.28. The summed E-state index contributed by atoms with van der Waals surface area (Å²) in [6.07, 6.45) is 7.12. The summed E-state index contributed by atoms with van der Waals surface area (Å²) in [5.74, 6) is -0.108. The molecule has 0 aromatic rings. The van der Waals surface area contributed by atoms with Crippen molar-refractivity contribution in [2.45, 2.75) is 13.3 Å². The zero-order valence-corrected chi connectivity index (χ0v) is 9.43. The second-order valence-electron chi connectivity index (χ2n) is 3.44. The zero-order chi connectivity index (χ0) is 12.0. The SMILES string of the molecule is CCCNC(=O)C1=CN(C)/C(=C\N=O)C=C1. The summed E-state index contributed by atoms with van der Waals surface area (Å²) in [7, 11) is 1.76. The highest BCUT2D eigenvalue weighted by Crippen LogP contribution is 2.14. The van der Waals surface area contributed by atoms with Gasteiger partial charge in [-0.2, -0.15) is 0 Å². The first-order chi connectivity index (χ1) is 7.69. The number of hydrogen-bond donors (Lipinski definition) is 1. The molecule has 0 fully saturated rings. The summed E-state index contributed by atoms with van der Waals surface area (Å²) >= 11 is 0. The van der Waals surface area contributed by atoms with Crippen molar-refractivity contribution < 1.29 is 4.79 Å². The lowest BCUT2D eigenvalue weighted by molar-refractivity contribution is -0.117. The molecule has 0 spiro atoms. The topological polar surface area (TPSA) is 61.8 Å². The van der Waals surface area contributed by atoms with E-state index < -0.39 is 0 Å². The van der Waals surface area contributed by atoms with Crippen LogP contribution in [0.3, 0.4) is 0 Å². The molecule has 0 aromatic heterocycles. The third-order valence-corrected chi connectivity index (χ3v) is 2.16. The van der Waals surface area contributed by atoms with Crippen molar-refractivity contribution in [2.24, 2.45) is 5.18 Å². The molecule has 5 heteroatoms. The lowest BCUT2D eigenvalue weighted by Crippen LogP contribution is -2.27. The lowest BCUT2D eigenvalue weighted by Gasteiger charge is -2.19. The number of carbonyl (C=O) groups excluding carboxylic acids is 1. The summed E-state index contributed by atoms with van der Waals surface area (Å²) < 4.78 is 0. The van der Waals surface area contributed by atoms with E-state index in [2.05, 4.69) is 10.5 Å². The fourth-order valence-corrected chi connectivity index (χ4v) is 1.28. The van der Waals surface area contributed by atoms with Gasteiger partial charge in [-0.3, -0.25) is 4.79 Å². The van der Waals surface area contributed by atoms with Crippen molar-refractivity contribution in [1.29, 1.82) is 0 Å². The minimum absolute atomic E-state index is 0.108. The van der Waals surface area contributed by atoms with Crippen LogP contribution in [-0.4, -0.2) is 24.4 Å². The van der Waals surface area contributed by atoms with Crippen molar-refractivity contribution in [2.75, 3.05) is 13.6 Å². The molecule has 0 radical (unpaired) electrons. The number of carbonyl (C=O) groups is 1. The van der Waals surface area contributed by atoms with Gasteiger partial charge in [0, 0.05) is 19.8 Å². The molecule has 1 N–H and O–H groups in total. The van der Waals surface area contributed by atoms with Crippen molar-refractivity contribution in [3.8, 4) is 0 Å². The van der Waals surface area contributed by atoms with Gasteiger partial charge in [0.2, 0.25) is 0 Å². The lowest BCUT2D eigenvalue weighted by atomic mass is 10.1. The van der Waals surface area contributed by atoms with Crippen LogP contribution in [-0.2, 0) is 4.79 Å². The van der Waals surface area contributed by atoms with Gasteiger partial charge in [0.15, 0.2) is 0 Å². The Morgan fingerprint density at radius 1 is 1.56 bits per heavy atom. The molecule has 1 aliphatic heterocycles. The molecule has 0 saturated heterocycles. The van der Waals surface area contributed by atoms with E-state index in [1.54, 1.807) is 30.3 Å². The van der Waals surface area contributed by atoms with Crippen molar-refractivity contribution >= 4 is 5.91 Å². The van der Waals surface area contributed by atoms with Crippen LogP contribution in [0.5, 0.6) is 0 Å². The maximum Gasteiger partial charge on any atom is 0.252 e. The Labute approximate surface area is 94.5 Å². The van der Waals surface area contributed by atoms with Gasteiger partial charge in [-0.25, -0.2) is 0 Å². The summed E-state index contributed by atoms with van der Waals surface area (Å²) in [6.45, 7) is 2.65. The molecule has 1 heterocycles. The Bertz CT molecular complexity index is 369. The average molecular weight is 221 g/mol. The van der Waals surface area contributed by atoms with E-state index in [1.165, 1.54) is 6.20 Å². The van der Waals surface area contributed by atoms with Crippen molar-refractivity contribution in [3.63, 3.8) is 0 Å². The highest BCUT2D eigenvalue weighted by Gasteiger charge is 2.12. The molecule has 1 aliphatic rings. The highest BCUT2D eigenvalue weighted by atomic mass is 16.2. The third-order valence-electron chi connectivity index (χ3n) is 2.16. The molecular weight excluding hydrogens is 206 g/mol. The summed E-state index contributed by atoms with van der Waals surface area (Å²) in [5.41, 5.74) is 1.22. The predicted molar refractivity (Wildman–Crippen MR) is 62.2 cm³/mol. The van der Waals surface area contributed by atoms with Gasteiger partial charge in [-0.05, 0) is 23.7 Å². The van der Waals surface area contributed by atoms with Crippen LogP contribution in [0.25, 0.3) is 0 Å². The Hall–Kier alpha value is -1.91. The van der Waals surface area contributed by atoms with E-state index in [4.69, 9.17) is 0 Å². The van der Waals surface area contributed by atoms with Crippen LogP contribution in [0.15, 0.2) is 41.0 Å². The molecule has 86 valence electrons. The third kappa shape index (κ3) is 3.05. The molecule has 0 aromatic carbocycles. The molecule has 1 rings (SSSR count). The molecule has 0 atom stereocenters. The summed E-state index contributed by atoms with van der Waals surface area (Å²) in [4.78, 5) is 23.4. The van der Waals surface area contributed by atoms with E-state index in [9.17, 15) is 9.70 Å². The number of nitroso groups, excluding NO2 is 1. The van der Waals surface area contributed by atoms with Crippen molar-refractivity contribution in [1.82, 2.24) is 10.2 Å². The van der Waals surface area contributed by atoms with Crippen LogP contribution < -0.4 is 5.32 Å². The number of amides is 1. The van der Waals surface area contributed by atoms with Gasteiger partial charge in [-0.1, -0.05) is 6.92 Å². The minimum atomic E-state index is -0.108. The average Bonchev–Trinajstić information content (AvgIpc) is 2.29. The molecular formula is C11H15N3O2. The van der Waals surface area contributed by atoms with Crippen LogP contribution in [0.4, 0.5) is 0 Å². The zero-order valence-electron chi connectivity index (χ0n) is 9.43. The molecule has 0 unspecified atom stereocenters. The Morgan fingerprint density at radius 2 is 2.31 bits per heavy atom. The van der Waals surface area contributed by atoms with Crippen LogP contribution in [0, 0.1) is 4.91 Å². The van der Waals surface area contributed by atoms with E-state index in [1.807, 2.05) is 6.92 Å². The number of nitrogens with zero attached hydrogens (tertiary/aromatic N) is 2. The second kappa shape index (κ2) is 5.85. The maximum atomic E-state index is 11.6. The number of likely N-dealkylation sites (N-methyl/N-ethyl adjacent to an activating group) is 1. The smallest absolute Gasteiger partial charge is 0.252 e. The van der Waals surface area contributed by atoms with Gasteiger partial charge in [0.1, 0.15) is 0 Å². The van der Waals surface area contributed by atoms with Crippen LogP contribution in [0.1, 0.15) is 13.3 Å². The highest BCUT2D eigenvalue weighted by molar-refractivity contribution is 5.96. The largest absolute Gasteiger partial charge is 0.352 e. The van der Waals surface area contributed by atoms with E-state index in [0.717, 1.165) is 6.42 Å². The first-order valence-electron chi connectivity index (χ1n) is 5.12. The number of hydrogen-bond acceptors (Lipinski definition) is 4. The van der Waals surface area contributed by atoms with E-state index in [0.29, 0.717) is 17.8 Å². The van der Waals surface area contributed by atoms with Gasteiger partial charge in [0.05, 0.1) is 17.5 Å². The standard InChI is InChI=1S/C11H15N3O2/c1-3-6-12-11(15)9-4-5-10(7-13-16)14(2)8-9/h4-5,7-8H,3,6H2,1-2H3,(H,12,15)/b10-7-. The number of nitrogens with one attached hydrogen (secondary N) is 1. The molecule has 16 heavy (non-hydrogen) atoms. The van der Waals surface area contributed by atoms with Gasteiger partial charge < -0.3 is 10.2 Å². The molecule has 0 saturated carbocycles. The number of rotatable bonds is 4. The summed E-state index contributed by atoms with van der Waals surface area (Å²) in [6, 6.07) is 0. The van der Waals surface area contributed by atoms with Crippen LogP contribution in [0.2, 0.25) is 0 Å². The molecule has 0 aliphatic carbocycles. The Morgan fingerprint density at radius 3 is 2.88 bits per heavy atom. The van der Waals surface area contributed by atoms with Gasteiger partial charge in [-0.15, -0.1) is 4.91 Å². The normalized spacial score (nSPS) is 17.2. The number of allylic oxidation sites excluding steroid dienone is 1. The van der Waals surface area contributed by atoms with E-state index in [-0.39, 0.29) is 5.91 Å².